The van der Waals surface area contributed by atoms with E-state index in [2.05, 4.69) is 15.5 Å². The first-order valence-corrected chi connectivity index (χ1v) is 8.68. The maximum absolute atomic E-state index is 12.4. The molecule has 5 nitrogen and oxygen atoms in total. The Labute approximate surface area is 144 Å². The molecule has 2 aromatic heterocycles. The van der Waals surface area contributed by atoms with E-state index in [1.807, 2.05) is 55.6 Å². The van der Waals surface area contributed by atoms with Crippen LogP contribution in [0.1, 0.15) is 35.9 Å². The molecule has 0 saturated carbocycles. The highest BCUT2D eigenvalue weighted by molar-refractivity contribution is 7.13. The van der Waals surface area contributed by atoms with Crippen LogP contribution in [0.4, 0.5) is 0 Å². The van der Waals surface area contributed by atoms with Gasteiger partial charge < -0.3 is 10.1 Å². The van der Waals surface area contributed by atoms with E-state index in [0.717, 1.165) is 21.9 Å². The molecule has 0 bridgehead atoms. The molecule has 1 amide bonds. The van der Waals surface area contributed by atoms with Crippen LogP contribution >= 0.6 is 11.3 Å². The molecule has 3 aromatic rings. The van der Waals surface area contributed by atoms with Crippen LogP contribution in [0, 0.1) is 0 Å². The normalized spacial score (nSPS) is 11.9. The molecule has 0 saturated heterocycles. The monoisotopic (exact) mass is 341 g/mol. The molecule has 0 spiro atoms. The zero-order valence-corrected chi connectivity index (χ0v) is 14.4. The number of aromatic nitrogens is 2. The fourth-order valence-corrected chi connectivity index (χ4v) is 3.06. The Bertz CT molecular complexity index is 794. The van der Waals surface area contributed by atoms with E-state index in [1.54, 1.807) is 17.4 Å². The van der Waals surface area contributed by atoms with Gasteiger partial charge in [0.25, 0.3) is 5.91 Å². The largest absolute Gasteiger partial charge is 0.494 e. The topological polar surface area (TPSA) is 67.0 Å². The summed E-state index contributed by atoms with van der Waals surface area (Å²) < 4.78 is 5.43. The Morgan fingerprint density at radius 1 is 1.33 bits per heavy atom. The van der Waals surface area contributed by atoms with E-state index in [9.17, 15) is 4.79 Å². The van der Waals surface area contributed by atoms with Crippen molar-refractivity contribution in [3.63, 3.8) is 0 Å². The molecule has 24 heavy (non-hydrogen) atoms. The predicted octanol–water partition coefficient (Wildman–Crippen LogP) is 4.03. The minimum Gasteiger partial charge on any atom is -0.494 e. The van der Waals surface area contributed by atoms with E-state index >= 15 is 0 Å². The number of ether oxygens (including phenoxy) is 1. The Hall–Kier alpha value is -2.60. The minimum atomic E-state index is -0.199. The maximum Gasteiger partial charge on any atom is 0.272 e. The second-order valence-corrected chi connectivity index (χ2v) is 6.29. The summed E-state index contributed by atoms with van der Waals surface area (Å²) in [6.45, 7) is 4.53. The lowest BCUT2D eigenvalue weighted by Gasteiger charge is -2.14. The maximum atomic E-state index is 12.4. The van der Waals surface area contributed by atoms with Gasteiger partial charge >= 0.3 is 0 Å². The molecule has 0 fully saturated rings. The van der Waals surface area contributed by atoms with Crippen LogP contribution in [0.2, 0.25) is 0 Å². The second kappa shape index (κ2) is 7.31. The Kier molecular flexibility index (Phi) is 4.96. The molecule has 1 atom stereocenters. The van der Waals surface area contributed by atoms with E-state index < -0.39 is 0 Å². The van der Waals surface area contributed by atoms with Crippen molar-refractivity contribution in [3.8, 4) is 16.3 Å². The summed E-state index contributed by atoms with van der Waals surface area (Å²) in [5.41, 5.74) is 2.25. The van der Waals surface area contributed by atoms with Gasteiger partial charge in [0.15, 0.2) is 5.69 Å². The van der Waals surface area contributed by atoms with Crippen LogP contribution in [0.3, 0.4) is 0 Å². The third-order valence-electron chi connectivity index (χ3n) is 3.64. The lowest BCUT2D eigenvalue weighted by atomic mass is 10.1. The molecule has 6 heteroatoms. The molecule has 2 heterocycles. The number of nitrogens with one attached hydrogen (secondary N) is 2. The number of H-pyrrole nitrogens is 1. The highest BCUT2D eigenvalue weighted by atomic mass is 32.1. The number of amides is 1. The number of rotatable bonds is 6. The molecule has 1 unspecified atom stereocenters. The number of benzene rings is 1. The number of hydrogen-bond donors (Lipinski definition) is 2. The van der Waals surface area contributed by atoms with Gasteiger partial charge in [0, 0.05) is 0 Å². The van der Waals surface area contributed by atoms with Gasteiger partial charge in [-0.1, -0.05) is 18.2 Å². The van der Waals surface area contributed by atoms with Crippen LogP contribution in [0.5, 0.6) is 5.75 Å². The zero-order chi connectivity index (χ0) is 16.9. The smallest absolute Gasteiger partial charge is 0.272 e. The van der Waals surface area contributed by atoms with Crippen molar-refractivity contribution >= 4 is 17.2 Å². The Morgan fingerprint density at radius 2 is 2.12 bits per heavy atom. The molecule has 2 N–H and O–H groups in total. The van der Waals surface area contributed by atoms with E-state index in [1.165, 1.54) is 0 Å². The van der Waals surface area contributed by atoms with Crippen LogP contribution in [-0.2, 0) is 0 Å². The average molecular weight is 341 g/mol. The van der Waals surface area contributed by atoms with Crippen molar-refractivity contribution in [2.75, 3.05) is 6.61 Å². The fourth-order valence-electron chi connectivity index (χ4n) is 2.37. The van der Waals surface area contributed by atoms with Gasteiger partial charge in [-0.05, 0) is 49.1 Å². The SMILES string of the molecule is CCOc1ccc(C(C)NC(=O)c2cc(-c3cccs3)[nH]n2)cc1. The van der Waals surface area contributed by atoms with Crippen LogP contribution in [0.25, 0.3) is 10.6 Å². The number of carbonyl (C=O) groups excluding carboxylic acids is 1. The van der Waals surface area contributed by atoms with Gasteiger partial charge in [0.1, 0.15) is 5.75 Å². The van der Waals surface area contributed by atoms with Crippen LogP contribution in [-0.4, -0.2) is 22.7 Å². The molecule has 0 radical (unpaired) electrons. The molecule has 3 rings (SSSR count). The van der Waals surface area contributed by atoms with E-state index in [4.69, 9.17) is 4.74 Å². The fraction of sp³-hybridized carbons (Fsp3) is 0.222. The summed E-state index contributed by atoms with van der Waals surface area (Å²) in [5.74, 6) is 0.628. The van der Waals surface area contributed by atoms with Gasteiger partial charge in [0.05, 0.1) is 23.2 Å². The van der Waals surface area contributed by atoms with Gasteiger partial charge in [-0.3, -0.25) is 9.89 Å². The summed E-state index contributed by atoms with van der Waals surface area (Å²) in [6, 6.07) is 13.3. The molecule has 124 valence electrons. The highest BCUT2D eigenvalue weighted by Gasteiger charge is 2.15. The van der Waals surface area contributed by atoms with Crippen molar-refractivity contribution in [1.82, 2.24) is 15.5 Å². The van der Waals surface area contributed by atoms with Crippen molar-refractivity contribution in [2.24, 2.45) is 0 Å². The van der Waals surface area contributed by atoms with E-state index in [0.29, 0.717) is 12.3 Å². The average Bonchev–Trinajstić information content (AvgIpc) is 3.27. The quantitative estimate of drug-likeness (QED) is 0.711. The van der Waals surface area contributed by atoms with Gasteiger partial charge in [-0.15, -0.1) is 11.3 Å². The summed E-state index contributed by atoms with van der Waals surface area (Å²) >= 11 is 1.60. The Balaban J connectivity index is 1.65. The van der Waals surface area contributed by atoms with Gasteiger partial charge in [0.2, 0.25) is 0 Å². The lowest BCUT2D eigenvalue weighted by molar-refractivity contribution is 0.0935. The third-order valence-corrected chi connectivity index (χ3v) is 4.54. The number of hydrogen-bond acceptors (Lipinski definition) is 4. The lowest BCUT2D eigenvalue weighted by Crippen LogP contribution is -2.26. The van der Waals surface area contributed by atoms with Crippen molar-refractivity contribution in [3.05, 3.63) is 59.1 Å². The summed E-state index contributed by atoms with van der Waals surface area (Å²) in [7, 11) is 0. The van der Waals surface area contributed by atoms with Crippen LogP contribution < -0.4 is 10.1 Å². The minimum absolute atomic E-state index is 0.116. The van der Waals surface area contributed by atoms with Gasteiger partial charge in [-0.2, -0.15) is 5.10 Å². The Morgan fingerprint density at radius 3 is 2.79 bits per heavy atom. The molecular formula is C18H19N3O2S. The number of nitrogens with zero attached hydrogens (tertiary/aromatic N) is 1. The molecule has 1 aromatic carbocycles. The summed E-state index contributed by atoms with van der Waals surface area (Å²) in [6.07, 6.45) is 0. The first kappa shape index (κ1) is 16.3. The number of carbonyl (C=O) groups is 1. The zero-order valence-electron chi connectivity index (χ0n) is 13.6. The van der Waals surface area contributed by atoms with Crippen molar-refractivity contribution < 1.29 is 9.53 Å². The molecule has 0 aliphatic rings. The predicted molar refractivity (Wildman–Crippen MR) is 95.4 cm³/mol. The van der Waals surface area contributed by atoms with Crippen molar-refractivity contribution in [1.29, 1.82) is 0 Å². The molecule has 0 aliphatic heterocycles. The number of thiophene rings is 1. The first-order chi connectivity index (χ1) is 11.7. The summed E-state index contributed by atoms with van der Waals surface area (Å²) in [4.78, 5) is 13.4. The standard InChI is InChI=1S/C18H19N3O2S/c1-3-23-14-8-6-13(7-9-14)12(2)19-18(22)16-11-15(20-21-16)17-5-4-10-24-17/h4-12H,3H2,1-2H3,(H,19,22)(H,20,21). The molecular weight excluding hydrogens is 322 g/mol. The van der Waals surface area contributed by atoms with Crippen LogP contribution in [0.15, 0.2) is 47.8 Å². The molecule has 0 aliphatic carbocycles. The first-order valence-electron chi connectivity index (χ1n) is 7.80. The van der Waals surface area contributed by atoms with Gasteiger partial charge in [-0.25, -0.2) is 0 Å². The second-order valence-electron chi connectivity index (χ2n) is 5.34. The highest BCUT2D eigenvalue weighted by Crippen LogP contribution is 2.23. The van der Waals surface area contributed by atoms with Crippen molar-refractivity contribution in [2.45, 2.75) is 19.9 Å². The number of aromatic amines is 1. The third kappa shape index (κ3) is 3.65. The summed E-state index contributed by atoms with van der Waals surface area (Å²) in [5, 5.41) is 12.0. The van der Waals surface area contributed by atoms with E-state index in [-0.39, 0.29) is 11.9 Å².